The molecule has 0 aliphatic heterocycles. The van der Waals surface area contributed by atoms with Gasteiger partial charge in [0.2, 0.25) is 0 Å². The topological polar surface area (TPSA) is 92.4 Å². The lowest BCUT2D eigenvalue weighted by Crippen LogP contribution is -2.15. The molecule has 1 heterocycles. The fourth-order valence-electron chi connectivity index (χ4n) is 2.09. The number of rotatable bonds is 5. The van der Waals surface area contributed by atoms with Crippen LogP contribution in [0.1, 0.15) is 33.8 Å². The minimum atomic E-state index is -0.873. The lowest BCUT2D eigenvalue weighted by atomic mass is 10.1. The van der Waals surface area contributed by atoms with Crippen LogP contribution in [0.5, 0.6) is 0 Å². The fourth-order valence-corrected chi connectivity index (χ4v) is 2.09. The number of para-hydroxylation sites is 1. The minimum Gasteiger partial charge on any atom is -0.481 e. The van der Waals surface area contributed by atoms with Crippen LogP contribution in [0.3, 0.4) is 0 Å². The van der Waals surface area contributed by atoms with E-state index in [-0.39, 0.29) is 12.3 Å². The van der Waals surface area contributed by atoms with Gasteiger partial charge in [-0.1, -0.05) is 23.4 Å². The monoisotopic (exact) mass is 288 g/mol. The molecule has 0 spiro atoms. The second kappa shape index (κ2) is 6.21. The number of carboxylic acid groups (broad SMARTS) is 1. The van der Waals surface area contributed by atoms with Crippen LogP contribution >= 0.6 is 0 Å². The van der Waals surface area contributed by atoms with E-state index in [1.165, 1.54) is 0 Å². The zero-order valence-corrected chi connectivity index (χ0v) is 11.8. The largest absolute Gasteiger partial charge is 0.481 e. The highest BCUT2D eigenvalue weighted by Crippen LogP contribution is 2.20. The summed E-state index contributed by atoms with van der Waals surface area (Å²) in [6, 6.07) is 7.13. The van der Waals surface area contributed by atoms with Gasteiger partial charge in [0.25, 0.3) is 5.91 Å². The Hall–Kier alpha value is -2.63. The molecular weight excluding hydrogens is 272 g/mol. The van der Waals surface area contributed by atoms with Crippen molar-refractivity contribution >= 4 is 17.6 Å². The van der Waals surface area contributed by atoms with Gasteiger partial charge in [0.05, 0.1) is 5.69 Å². The summed E-state index contributed by atoms with van der Waals surface area (Å²) in [5.41, 5.74) is 2.31. The first kappa shape index (κ1) is 14.8. The lowest BCUT2D eigenvalue weighted by Gasteiger charge is -2.10. The lowest BCUT2D eigenvalue weighted by molar-refractivity contribution is -0.136. The molecule has 0 unspecified atom stereocenters. The van der Waals surface area contributed by atoms with E-state index in [0.29, 0.717) is 29.1 Å². The van der Waals surface area contributed by atoms with Crippen LogP contribution in [0, 0.1) is 13.8 Å². The maximum absolute atomic E-state index is 12.3. The van der Waals surface area contributed by atoms with Gasteiger partial charge in [0.1, 0.15) is 11.3 Å². The van der Waals surface area contributed by atoms with E-state index in [1.54, 1.807) is 32.0 Å². The van der Waals surface area contributed by atoms with Crippen molar-refractivity contribution in [2.45, 2.75) is 26.7 Å². The van der Waals surface area contributed by atoms with Gasteiger partial charge in [-0.05, 0) is 31.9 Å². The molecule has 21 heavy (non-hydrogen) atoms. The molecule has 0 saturated carbocycles. The normalized spacial score (nSPS) is 10.4. The van der Waals surface area contributed by atoms with Crippen LogP contribution in [-0.2, 0) is 11.2 Å². The highest BCUT2D eigenvalue weighted by Gasteiger charge is 2.18. The molecule has 0 saturated heterocycles. The van der Waals surface area contributed by atoms with Crippen LogP contribution in [0.4, 0.5) is 5.69 Å². The van der Waals surface area contributed by atoms with Crippen LogP contribution in [-0.4, -0.2) is 22.1 Å². The number of carbonyl (C=O) groups excluding carboxylic acids is 1. The van der Waals surface area contributed by atoms with Crippen molar-refractivity contribution in [3.05, 3.63) is 46.8 Å². The molecule has 110 valence electrons. The molecule has 1 amide bonds. The minimum absolute atomic E-state index is 0.0121. The summed E-state index contributed by atoms with van der Waals surface area (Å²) in [7, 11) is 0. The van der Waals surface area contributed by atoms with Gasteiger partial charge in [-0.2, -0.15) is 0 Å². The number of nitrogens with one attached hydrogen (secondary N) is 1. The van der Waals surface area contributed by atoms with Crippen molar-refractivity contribution in [1.82, 2.24) is 5.16 Å². The van der Waals surface area contributed by atoms with Gasteiger partial charge in [-0.3, -0.25) is 9.59 Å². The average molecular weight is 288 g/mol. The highest BCUT2D eigenvalue weighted by atomic mass is 16.5. The summed E-state index contributed by atoms with van der Waals surface area (Å²) in [4.78, 5) is 23.0. The Morgan fingerprint density at radius 3 is 2.62 bits per heavy atom. The summed E-state index contributed by atoms with van der Waals surface area (Å²) >= 11 is 0. The summed E-state index contributed by atoms with van der Waals surface area (Å²) in [6.45, 7) is 3.37. The van der Waals surface area contributed by atoms with E-state index >= 15 is 0 Å². The van der Waals surface area contributed by atoms with Crippen molar-refractivity contribution in [3.8, 4) is 0 Å². The van der Waals surface area contributed by atoms with Gasteiger partial charge in [-0.15, -0.1) is 0 Å². The predicted molar refractivity (Wildman–Crippen MR) is 76.3 cm³/mol. The molecule has 0 fully saturated rings. The smallest absolute Gasteiger partial charge is 0.303 e. The van der Waals surface area contributed by atoms with Crippen molar-refractivity contribution in [2.75, 3.05) is 5.32 Å². The molecule has 2 aromatic rings. The van der Waals surface area contributed by atoms with E-state index in [2.05, 4.69) is 10.5 Å². The second-order valence-electron chi connectivity index (χ2n) is 4.70. The summed E-state index contributed by atoms with van der Waals surface area (Å²) < 4.78 is 4.97. The number of amides is 1. The number of carboxylic acids is 1. The Kier molecular flexibility index (Phi) is 4.37. The molecule has 0 bridgehead atoms. The van der Waals surface area contributed by atoms with Crippen molar-refractivity contribution in [1.29, 1.82) is 0 Å². The summed E-state index contributed by atoms with van der Waals surface area (Å²) in [6.07, 6.45) is 0.367. The standard InChI is InChI=1S/C15H16N2O4/c1-9-14(10(2)21-17-9)15(20)16-12-6-4-3-5-11(12)7-8-13(18)19/h3-6H,7-8H2,1-2H3,(H,16,20)(H,18,19). The molecule has 0 aliphatic rings. The molecule has 2 rings (SSSR count). The Morgan fingerprint density at radius 1 is 1.29 bits per heavy atom. The fraction of sp³-hybridized carbons (Fsp3) is 0.267. The Labute approximate surface area is 121 Å². The zero-order valence-electron chi connectivity index (χ0n) is 11.8. The molecule has 1 aromatic carbocycles. The second-order valence-corrected chi connectivity index (χ2v) is 4.70. The molecule has 6 nitrogen and oxygen atoms in total. The van der Waals surface area contributed by atoms with Crippen molar-refractivity contribution in [3.63, 3.8) is 0 Å². The van der Waals surface area contributed by atoms with E-state index in [4.69, 9.17) is 9.63 Å². The maximum Gasteiger partial charge on any atom is 0.303 e. The van der Waals surface area contributed by atoms with E-state index < -0.39 is 5.97 Å². The van der Waals surface area contributed by atoms with Gasteiger partial charge >= 0.3 is 5.97 Å². The van der Waals surface area contributed by atoms with E-state index in [9.17, 15) is 9.59 Å². The molecule has 0 radical (unpaired) electrons. The average Bonchev–Trinajstić information content (AvgIpc) is 2.77. The first-order valence-electron chi connectivity index (χ1n) is 6.53. The number of benzene rings is 1. The van der Waals surface area contributed by atoms with Crippen LogP contribution in [0.2, 0.25) is 0 Å². The number of carbonyl (C=O) groups is 2. The molecule has 0 atom stereocenters. The third-order valence-electron chi connectivity index (χ3n) is 3.13. The molecular formula is C15H16N2O4. The van der Waals surface area contributed by atoms with E-state index in [0.717, 1.165) is 5.56 Å². The molecule has 1 aromatic heterocycles. The Morgan fingerprint density at radius 2 is 2.00 bits per heavy atom. The Balaban J connectivity index is 2.20. The quantitative estimate of drug-likeness (QED) is 0.882. The number of hydrogen-bond acceptors (Lipinski definition) is 4. The predicted octanol–water partition coefficient (Wildman–Crippen LogP) is 2.56. The van der Waals surface area contributed by atoms with Crippen molar-refractivity contribution < 1.29 is 19.2 Å². The van der Waals surface area contributed by atoms with Gasteiger partial charge < -0.3 is 14.9 Å². The highest BCUT2D eigenvalue weighted by molar-refractivity contribution is 6.06. The Bertz CT molecular complexity index is 657. The van der Waals surface area contributed by atoms with Gasteiger partial charge in [-0.25, -0.2) is 0 Å². The summed E-state index contributed by atoms with van der Waals surface area (Å²) in [5, 5.41) is 15.3. The first-order valence-corrected chi connectivity index (χ1v) is 6.53. The molecule has 2 N–H and O–H groups in total. The maximum atomic E-state index is 12.3. The number of hydrogen-bond donors (Lipinski definition) is 2. The summed E-state index contributed by atoms with van der Waals surface area (Å²) in [5.74, 6) is -0.733. The van der Waals surface area contributed by atoms with Crippen LogP contribution in [0.15, 0.2) is 28.8 Å². The SMILES string of the molecule is Cc1noc(C)c1C(=O)Nc1ccccc1CCC(=O)O. The number of anilines is 1. The molecule has 0 aliphatic carbocycles. The first-order chi connectivity index (χ1) is 9.99. The van der Waals surface area contributed by atoms with Gasteiger partial charge in [0.15, 0.2) is 0 Å². The third-order valence-corrected chi connectivity index (χ3v) is 3.13. The van der Waals surface area contributed by atoms with Crippen LogP contribution in [0.25, 0.3) is 0 Å². The van der Waals surface area contributed by atoms with Crippen molar-refractivity contribution in [2.24, 2.45) is 0 Å². The van der Waals surface area contributed by atoms with Gasteiger partial charge in [0, 0.05) is 12.1 Å². The van der Waals surface area contributed by atoms with E-state index in [1.807, 2.05) is 6.07 Å². The third kappa shape index (κ3) is 3.47. The van der Waals surface area contributed by atoms with Crippen LogP contribution < -0.4 is 5.32 Å². The number of aromatic nitrogens is 1. The number of nitrogens with zero attached hydrogens (tertiary/aromatic N) is 1. The number of aryl methyl sites for hydroxylation is 3. The number of aliphatic carboxylic acids is 1. The molecule has 6 heteroatoms. The zero-order chi connectivity index (χ0) is 15.4.